The van der Waals surface area contributed by atoms with Gasteiger partial charge in [-0.2, -0.15) is 0 Å². The molecule has 0 aromatic heterocycles. The van der Waals surface area contributed by atoms with E-state index in [1.165, 1.54) is 11.1 Å². The lowest BCUT2D eigenvalue weighted by Crippen LogP contribution is -2.48. The molecule has 1 aliphatic heterocycles. The second-order valence-corrected chi connectivity index (χ2v) is 8.47. The van der Waals surface area contributed by atoms with Crippen LogP contribution in [-0.2, 0) is 16.1 Å². The van der Waals surface area contributed by atoms with E-state index in [0.717, 1.165) is 39.0 Å². The van der Waals surface area contributed by atoms with Gasteiger partial charge in [0.1, 0.15) is 12.1 Å². The number of esters is 1. The van der Waals surface area contributed by atoms with Crippen molar-refractivity contribution in [3.63, 3.8) is 0 Å². The van der Waals surface area contributed by atoms with Crippen molar-refractivity contribution in [3.8, 4) is 0 Å². The fraction of sp³-hybridized carbons (Fsp3) is 0.636. The molecule has 1 aliphatic rings. The van der Waals surface area contributed by atoms with E-state index in [1.54, 1.807) is 0 Å². The van der Waals surface area contributed by atoms with Crippen LogP contribution in [0.3, 0.4) is 0 Å². The quantitative estimate of drug-likeness (QED) is 0.446. The summed E-state index contributed by atoms with van der Waals surface area (Å²) in [7, 11) is 0. The number of hydrogen-bond donors (Lipinski definition) is 2. The zero-order chi connectivity index (χ0) is 20.6. The van der Waals surface area contributed by atoms with Gasteiger partial charge in [-0.05, 0) is 53.0 Å². The fourth-order valence-electron chi connectivity index (χ4n) is 3.33. The van der Waals surface area contributed by atoms with Crippen molar-refractivity contribution in [3.05, 3.63) is 35.4 Å². The van der Waals surface area contributed by atoms with Crippen LogP contribution in [0.25, 0.3) is 0 Å². The second kappa shape index (κ2) is 10.5. The Morgan fingerprint density at radius 1 is 1.29 bits per heavy atom. The van der Waals surface area contributed by atoms with Gasteiger partial charge >= 0.3 is 5.97 Å². The second-order valence-electron chi connectivity index (χ2n) is 8.47. The normalized spacial score (nSPS) is 16.7. The zero-order valence-electron chi connectivity index (χ0n) is 18.0. The van der Waals surface area contributed by atoms with E-state index in [2.05, 4.69) is 51.7 Å². The Balaban J connectivity index is 1.81. The monoisotopic (exact) mass is 388 g/mol. The average molecular weight is 389 g/mol. The highest BCUT2D eigenvalue weighted by atomic mass is 16.6. The lowest BCUT2D eigenvalue weighted by atomic mass is 10.0. The third-order valence-electron chi connectivity index (χ3n) is 4.55. The Labute approximate surface area is 169 Å². The van der Waals surface area contributed by atoms with Crippen molar-refractivity contribution in [2.24, 2.45) is 4.99 Å². The van der Waals surface area contributed by atoms with Crippen LogP contribution in [0.2, 0.25) is 0 Å². The molecule has 6 nitrogen and oxygen atoms in total. The van der Waals surface area contributed by atoms with Crippen molar-refractivity contribution < 1.29 is 9.53 Å². The molecule has 0 atom stereocenters. The van der Waals surface area contributed by atoms with E-state index >= 15 is 0 Å². The van der Waals surface area contributed by atoms with Crippen LogP contribution in [0, 0.1) is 6.92 Å². The van der Waals surface area contributed by atoms with Crippen LogP contribution in [0.15, 0.2) is 29.3 Å². The topological polar surface area (TPSA) is 66.0 Å². The highest BCUT2D eigenvalue weighted by molar-refractivity contribution is 5.83. The molecule has 1 heterocycles. The van der Waals surface area contributed by atoms with Crippen LogP contribution in [0.5, 0.6) is 0 Å². The number of carbonyl (C=O) groups is 1. The molecule has 1 aromatic carbocycles. The van der Waals surface area contributed by atoms with E-state index in [9.17, 15) is 4.79 Å². The van der Waals surface area contributed by atoms with Gasteiger partial charge < -0.3 is 15.4 Å². The number of nitrogens with zero attached hydrogens (tertiary/aromatic N) is 2. The maximum absolute atomic E-state index is 11.9. The number of likely N-dealkylation sites (tertiary alicyclic amines) is 1. The molecule has 28 heavy (non-hydrogen) atoms. The van der Waals surface area contributed by atoms with Gasteiger partial charge in [0.2, 0.25) is 0 Å². The predicted molar refractivity (Wildman–Crippen MR) is 114 cm³/mol. The number of piperidine rings is 1. The number of guanidine groups is 1. The number of benzene rings is 1. The molecule has 6 heteroatoms. The SMILES string of the molecule is CCNC(=NCC(=O)OC(C)(C)C)NC1CCN(Cc2cccc(C)c2)CC1. The molecule has 1 aromatic rings. The van der Waals surface area contributed by atoms with Crippen molar-refractivity contribution in [2.45, 2.75) is 65.6 Å². The molecular weight excluding hydrogens is 352 g/mol. The highest BCUT2D eigenvalue weighted by Gasteiger charge is 2.21. The van der Waals surface area contributed by atoms with E-state index < -0.39 is 5.60 Å². The number of carbonyl (C=O) groups excluding carboxylic acids is 1. The molecule has 0 aliphatic carbocycles. The van der Waals surface area contributed by atoms with E-state index in [4.69, 9.17) is 4.74 Å². The first-order chi connectivity index (χ1) is 13.2. The van der Waals surface area contributed by atoms with E-state index in [0.29, 0.717) is 12.0 Å². The van der Waals surface area contributed by atoms with Gasteiger partial charge in [-0.25, -0.2) is 4.99 Å². The molecule has 0 saturated carbocycles. The number of nitrogens with one attached hydrogen (secondary N) is 2. The standard InChI is InChI=1S/C22H36N4O2/c1-6-23-21(24-15-20(27)28-22(3,4)5)25-19-10-12-26(13-11-19)16-18-9-7-8-17(2)14-18/h7-9,14,19H,6,10-13,15-16H2,1-5H3,(H2,23,24,25). The zero-order valence-corrected chi connectivity index (χ0v) is 18.0. The maximum atomic E-state index is 11.9. The Morgan fingerprint density at radius 3 is 2.61 bits per heavy atom. The van der Waals surface area contributed by atoms with Crippen LogP contribution in [0.1, 0.15) is 51.7 Å². The first-order valence-corrected chi connectivity index (χ1v) is 10.3. The molecule has 0 spiro atoms. The van der Waals surface area contributed by atoms with Gasteiger partial charge in [0.25, 0.3) is 0 Å². The minimum atomic E-state index is -0.484. The first kappa shape index (κ1) is 22.2. The van der Waals surface area contributed by atoms with E-state index in [-0.39, 0.29) is 12.5 Å². The Bertz CT molecular complexity index is 659. The number of aliphatic imine (C=N–C) groups is 1. The van der Waals surface area contributed by atoms with Crippen LogP contribution < -0.4 is 10.6 Å². The Hall–Kier alpha value is -2.08. The summed E-state index contributed by atoms with van der Waals surface area (Å²) in [6, 6.07) is 9.09. The van der Waals surface area contributed by atoms with Crippen LogP contribution in [0.4, 0.5) is 0 Å². The molecule has 0 amide bonds. The maximum Gasteiger partial charge on any atom is 0.328 e. The summed E-state index contributed by atoms with van der Waals surface area (Å²) in [6.45, 7) is 13.6. The molecule has 0 bridgehead atoms. The third kappa shape index (κ3) is 8.30. The highest BCUT2D eigenvalue weighted by Crippen LogP contribution is 2.15. The van der Waals surface area contributed by atoms with Gasteiger partial charge in [0.05, 0.1) is 0 Å². The molecule has 0 unspecified atom stereocenters. The summed E-state index contributed by atoms with van der Waals surface area (Å²) in [5.41, 5.74) is 2.20. The third-order valence-corrected chi connectivity index (χ3v) is 4.55. The molecule has 0 radical (unpaired) electrons. The number of ether oxygens (including phenoxy) is 1. The Kier molecular flexibility index (Phi) is 8.30. The fourth-order valence-corrected chi connectivity index (χ4v) is 3.33. The van der Waals surface area contributed by atoms with Crippen molar-refractivity contribution in [1.82, 2.24) is 15.5 Å². The van der Waals surface area contributed by atoms with Crippen LogP contribution >= 0.6 is 0 Å². The molecule has 2 rings (SSSR count). The predicted octanol–water partition coefficient (Wildman–Crippen LogP) is 2.86. The van der Waals surface area contributed by atoms with Gasteiger partial charge in [-0.3, -0.25) is 9.69 Å². The minimum absolute atomic E-state index is 0.0266. The molecule has 156 valence electrons. The molecule has 2 N–H and O–H groups in total. The van der Waals surface area contributed by atoms with Gasteiger partial charge in [-0.1, -0.05) is 29.8 Å². The number of rotatable bonds is 6. The average Bonchev–Trinajstić information content (AvgIpc) is 2.60. The molecule has 1 saturated heterocycles. The van der Waals surface area contributed by atoms with Gasteiger partial charge in [0.15, 0.2) is 5.96 Å². The molecule has 1 fully saturated rings. The number of hydrogen-bond acceptors (Lipinski definition) is 4. The van der Waals surface area contributed by atoms with Crippen molar-refractivity contribution >= 4 is 11.9 Å². The van der Waals surface area contributed by atoms with Crippen molar-refractivity contribution in [2.75, 3.05) is 26.2 Å². The summed E-state index contributed by atoms with van der Waals surface area (Å²) in [5, 5.41) is 6.70. The lowest BCUT2D eigenvalue weighted by molar-refractivity contribution is -0.152. The largest absolute Gasteiger partial charge is 0.459 e. The first-order valence-electron chi connectivity index (χ1n) is 10.3. The van der Waals surface area contributed by atoms with Gasteiger partial charge in [-0.15, -0.1) is 0 Å². The van der Waals surface area contributed by atoms with Gasteiger partial charge in [0, 0.05) is 32.2 Å². The van der Waals surface area contributed by atoms with Crippen LogP contribution in [-0.4, -0.2) is 54.7 Å². The Morgan fingerprint density at radius 2 is 2.00 bits per heavy atom. The summed E-state index contributed by atoms with van der Waals surface area (Å²) in [5.74, 6) is 0.378. The van der Waals surface area contributed by atoms with E-state index in [1.807, 2.05) is 27.7 Å². The number of aryl methyl sites for hydroxylation is 1. The molecular formula is C22H36N4O2. The smallest absolute Gasteiger partial charge is 0.328 e. The van der Waals surface area contributed by atoms with Crippen molar-refractivity contribution in [1.29, 1.82) is 0 Å². The summed E-state index contributed by atoms with van der Waals surface area (Å²) >= 11 is 0. The summed E-state index contributed by atoms with van der Waals surface area (Å²) in [6.07, 6.45) is 2.12. The lowest BCUT2D eigenvalue weighted by Gasteiger charge is -2.33. The minimum Gasteiger partial charge on any atom is -0.459 e. The summed E-state index contributed by atoms with van der Waals surface area (Å²) in [4.78, 5) is 18.8. The summed E-state index contributed by atoms with van der Waals surface area (Å²) < 4.78 is 5.33.